The van der Waals surface area contributed by atoms with Crippen LogP contribution in [0, 0.1) is 5.41 Å². The van der Waals surface area contributed by atoms with Gasteiger partial charge in [0.1, 0.15) is 0 Å². The fourth-order valence-corrected chi connectivity index (χ4v) is 1.40. The second kappa shape index (κ2) is 6.11. The van der Waals surface area contributed by atoms with Gasteiger partial charge in [-0.25, -0.2) is 0 Å². The third-order valence-electron chi connectivity index (χ3n) is 2.32. The van der Waals surface area contributed by atoms with Crippen molar-refractivity contribution in [1.29, 1.82) is 0 Å². The summed E-state index contributed by atoms with van der Waals surface area (Å²) < 4.78 is 4.79. The van der Waals surface area contributed by atoms with E-state index in [0.717, 1.165) is 6.42 Å². The molecule has 0 aromatic heterocycles. The van der Waals surface area contributed by atoms with Crippen LogP contribution in [-0.2, 0) is 9.53 Å². The van der Waals surface area contributed by atoms with E-state index in [9.17, 15) is 4.79 Å². The molecule has 0 bridgehead atoms. The maximum Gasteiger partial charge on any atom is 0.293 e. The molecular weight excluding hydrogens is 200 g/mol. The summed E-state index contributed by atoms with van der Waals surface area (Å²) in [4.78, 5) is 10.1. The molecule has 0 saturated carbocycles. The lowest BCUT2D eigenvalue weighted by molar-refractivity contribution is -0.131. The molecule has 0 fully saturated rings. The quantitative estimate of drug-likeness (QED) is 0.685. The summed E-state index contributed by atoms with van der Waals surface area (Å²) in [5, 5.41) is 0. The van der Waals surface area contributed by atoms with Crippen molar-refractivity contribution in [2.24, 2.45) is 5.41 Å². The van der Waals surface area contributed by atoms with Crippen LogP contribution in [0.1, 0.15) is 25.8 Å². The fraction of sp³-hybridized carbons (Fsp3) is 0.357. The van der Waals surface area contributed by atoms with E-state index in [0.29, 0.717) is 13.1 Å². The Bertz CT molecular complexity index is 339. The van der Waals surface area contributed by atoms with Gasteiger partial charge in [-0.05, 0) is 12.0 Å². The lowest BCUT2D eigenvalue weighted by atomic mass is 9.90. The highest BCUT2D eigenvalue weighted by atomic mass is 16.5. The van der Waals surface area contributed by atoms with Crippen LogP contribution in [0.15, 0.2) is 36.4 Å². The van der Waals surface area contributed by atoms with E-state index in [-0.39, 0.29) is 5.41 Å². The van der Waals surface area contributed by atoms with Crippen LogP contribution in [0.3, 0.4) is 0 Å². The molecule has 0 amide bonds. The fourth-order valence-electron chi connectivity index (χ4n) is 1.40. The first-order valence-electron chi connectivity index (χ1n) is 5.41. The Morgan fingerprint density at radius 2 is 1.94 bits per heavy atom. The van der Waals surface area contributed by atoms with Crippen molar-refractivity contribution in [1.82, 2.24) is 0 Å². The summed E-state index contributed by atoms with van der Waals surface area (Å²) in [5.74, 6) is 0. The van der Waals surface area contributed by atoms with Gasteiger partial charge in [0.05, 0.1) is 6.61 Å². The average Bonchev–Trinajstić information content (AvgIpc) is 2.28. The molecule has 0 radical (unpaired) electrons. The molecule has 16 heavy (non-hydrogen) atoms. The molecule has 0 spiro atoms. The van der Waals surface area contributed by atoms with Crippen LogP contribution in [0.4, 0.5) is 0 Å². The maximum absolute atomic E-state index is 10.1. The summed E-state index contributed by atoms with van der Waals surface area (Å²) in [6.45, 7) is 5.11. The Balaban J connectivity index is 2.44. The lowest BCUT2D eigenvalue weighted by Gasteiger charge is -2.20. The van der Waals surface area contributed by atoms with E-state index in [2.05, 4.69) is 38.1 Å². The van der Waals surface area contributed by atoms with E-state index < -0.39 is 0 Å². The van der Waals surface area contributed by atoms with E-state index in [1.165, 1.54) is 5.56 Å². The minimum Gasteiger partial charge on any atom is -0.467 e. The second-order valence-corrected chi connectivity index (χ2v) is 4.59. The number of carbonyl (C=O) groups excluding carboxylic acids is 1. The van der Waals surface area contributed by atoms with Gasteiger partial charge in [-0.2, -0.15) is 0 Å². The number of hydrogen-bond donors (Lipinski definition) is 0. The molecule has 2 nitrogen and oxygen atoms in total. The largest absolute Gasteiger partial charge is 0.467 e. The van der Waals surface area contributed by atoms with Gasteiger partial charge in [-0.3, -0.25) is 4.79 Å². The van der Waals surface area contributed by atoms with Crippen molar-refractivity contribution >= 4 is 12.5 Å². The Labute approximate surface area is 96.9 Å². The van der Waals surface area contributed by atoms with Gasteiger partial charge in [-0.1, -0.05) is 56.3 Å². The molecule has 0 aliphatic carbocycles. The van der Waals surface area contributed by atoms with Crippen LogP contribution in [0.5, 0.6) is 0 Å². The van der Waals surface area contributed by atoms with Crippen LogP contribution < -0.4 is 0 Å². The molecule has 0 saturated heterocycles. The zero-order valence-electron chi connectivity index (χ0n) is 9.85. The maximum atomic E-state index is 10.1. The number of benzene rings is 1. The number of allylic oxidation sites excluding steroid dienone is 1. The molecule has 0 unspecified atom stereocenters. The van der Waals surface area contributed by atoms with Crippen molar-refractivity contribution < 1.29 is 9.53 Å². The van der Waals surface area contributed by atoms with E-state index in [1.54, 1.807) is 0 Å². The van der Waals surface area contributed by atoms with Gasteiger partial charge in [-0.15, -0.1) is 0 Å². The molecule has 2 heteroatoms. The van der Waals surface area contributed by atoms with Gasteiger partial charge in [0, 0.05) is 5.41 Å². The summed E-state index contributed by atoms with van der Waals surface area (Å²) in [7, 11) is 0. The molecule has 0 aliphatic heterocycles. The highest BCUT2D eigenvalue weighted by Gasteiger charge is 2.16. The van der Waals surface area contributed by atoms with Crippen molar-refractivity contribution in [3.8, 4) is 0 Å². The minimum atomic E-state index is -0.00775. The first-order valence-corrected chi connectivity index (χ1v) is 5.41. The molecule has 0 heterocycles. The van der Waals surface area contributed by atoms with E-state index >= 15 is 0 Å². The summed E-state index contributed by atoms with van der Waals surface area (Å²) in [5.41, 5.74) is 1.18. The van der Waals surface area contributed by atoms with Crippen LogP contribution in [-0.4, -0.2) is 13.1 Å². The third kappa shape index (κ3) is 4.78. The Kier molecular flexibility index (Phi) is 4.77. The molecule has 0 N–H and O–H groups in total. The van der Waals surface area contributed by atoms with Gasteiger partial charge in [0.25, 0.3) is 6.47 Å². The van der Waals surface area contributed by atoms with Crippen LogP contribution in [0.25, 0.3) is 6.08 Å². The number of ether oxygens (including phenoxy) is 1. The molecule has 86 valence electrons. The molecule has 1 aromatic rings. The SMILES string of the molecule is CC(C)(C/C=C/c1ccccc1)COC=O. The lowest BCUT2D eigenvalue weighted by Crippen LogP contribution is -2.17. The standard InChI is InChI=1S/C14H18O2/c1-14(2,11-16-12-15)10-6-9-13-7-4-3-5-8-13/h3-9,12H,10-11H2,1-2H3/b9-6+. The molecule has 1 aromatic carbocycles. The summed E-state index contributed by atoms with van der Waals surface area (Å²) in [6.07, 6.45) is 5.09. The average molecular weight is 218 g/mol. The van der Waals surface area contributed by atoms with E-state index in [4.69, 9.17) is 4.74 Å². The predicted molar refractivity (Wildman–Crippen MR) is 65.9 cm³/mol. The van der Waals surface area contributed by atoms with Crippen LogP contribution in [0.2, 0.25) is 0 Å². The first-order chi connectivity index (χ1) is 7.64. The molecular formula is C14H18O2. The summed E-state index contributed by atoms with van der Waals surface area (Å²) in [6, 6.07) is 10.1. The zero-order chi connectivity index (χ0) is 11.9. The van der Waals surface area contributed by atoms with Crippen LogP contribution >= 0.6 is 0 Å². The molecule has 1 rings (SSSR count). The second-order valence-electron chi connectivity index (χ2n) is 4.59. The number of hydrogen-bond acceptors (Lipinski definition) is 2. The predicted octanol–water partition coefficient (Wildman–Crippen LogP) is 3.29. The minimum absolute atomic E-state index is 0.00775. The van der Waals surface area contributed by atoms with Crippen molar-refractivity contribution in [3.63, 3.8) is 0 Å². The number of carbonyl (C=O) groups is 1. The van der Waals surface area contributed by atoms with Gasteiger partial charge in [0.15, 0.2) is 0 Å². The van der Waals surface area contributed by atoms with Gasteiger partial charge in [0.2, 0.25) is 0 Å². The summed E-state index contributed by atoms with van der Waals surface area (Å²) >= 11 is 0. The van der Waals surface area contributed by atoms with Crippen molar-refractivity contribution in [2.75, 3.05) is 6.61 Å². The topological polar surface area (TPSA) is 26.3 Å². The highest BCUT2D eigenvalue weighted by molar-refractivity contribution is 5.48. The van der Waals surface area contributed by atoms with Crippen molar-refractivity contribution in [2.45, 2.75) is 20.3 Å². The third-order valence-corrected chi connectivity index (χ3v) is 2.32. The Morgan fingerprint density at radius 1 is 1.25 bits per heavy atom. The Morgan fingerprint density at radius 3 is 2.56 bits per heavy atom. The van der Waals surface area contributed by atoms with Gasteiger partial charge >= 0.3 is 0 Å². The number of rotatable bonds is 6. The first kappa shape index (κ1) is 12.5. The van der Waals surface area contributed by atoms with Crippen molar-refractivity contribution in [3.05, 3.63) is 42.0 Å². The Hall–Kier alpha value is -1.57. The normalized spacial score (nSPS) is 11.6. The van der Waals surface area contributed by atoms with E-state index in [1.807, 2.05) is 18.2 Å². The smallest absolute Gasteiger partial charge is 0.293 e. The zero-order valence-corrected chi connectivity index (χ0v) is 9.85. The van der Waals surface area contributed by atoms with Gasteiger partial charge < -0.3 is 4.74 Å². The molecule has 0 aliphatic rings. The molecule has 0 atom stereocenters. The monoisotopic (exact) mass is 218 g/mol. The highest BCUT2D eigenvalue weighted by Crippen LogP contribution is 2.21.